The minimum Gasteiger partial charge on any atom is -0.298 e. The lowest BCUT2D eigenvalue weighted by molar-refractivity contribution is -0.291. The van der Waals surface area contributed by atoms with Gasteiger partial charge in [-0.2, -0.15) is 4.89 Å². The summed E-state index contributed by atoms with van der Waals surface area (Å²) in [6.07, 6.45) is 1.38. The van der Waals surface area contributed by atoms with E-state index in [2.05, 4.69) is 14.7 Å². The standard InChI is InChI=1S/C8H16O5/c1-7(2)12-13-8(9)5-3-4-6-11-10/h7,10H,3-6H2,1-2H3. The van der Waals surface area contributed by atoms with Crippen LogP contribution in [0.5, 0.6) is 0 Å². The zero-order valence-corrected chi connectivity index (χ0v) is 7.99. The first-order chi connectivity index (χ1) is 6.16. The van der Waals surface area contributed by atoms with Gasteiger partial charge in [-0.05, 0) is 26.7 Å². The van der Waals surface area contributed by atoms with Crippen LogP contribution in [0, 0.1) is 0 Å². The zero-order chi connectivity index (χ0) is 10.1. The fraction of sp³-hybridized carbons (Fsp3) is 0.875. The van der Waals surface area contributed by atoms with Gasteiger partial charge in [0.05, 0.1) is 12.7 Å². The van der Waals surface area contributed by atoms with Gasteiger partial charge in [0.15, 0.2) is 0 Å². The van der Waals surface area contributed by atoms with Crippen molar-refractivity contribution in [2.24, 2.45) is 0 Å². The number of rotatable bonds is 7. The largest absolute Gasteiger partial charge is 0.342 e. The average Bonchev–Trinajstić information content (AvgIpc) is 2.09. The first-order valence-electron chi connectivity index (χ1n) is 4.29. The third-order valence-electron chi connectivity index (χ3n) is 1.20. The van der Waals surface area contributed by atoms with Crippen molar-refractivity contribution in [3.63, 3.8) is 0 Å². The molecule has 5 heteroatoms. The van der Waals surface area contributed by atoms with Crippen molar-refractivity contribution in [2.75, 3.05) is 6.61 Å². The fourth-order valence-corrected chi connectivity index (χ4v) is 0.628. The van der Waals surface area contributed by atoms with Crippen molar-refractivity contribution < 1.29 is 24.7 Å². The Labute approximate surface area is 77.4 Å². The van der Waals surface area contributed by atoms with E-state index in [-0.39, 0.29) is 19.1 Å². The normalized spacial score (nSPS) is 10.5. The molecule has 0 saturated carbocycles. The zero-order valence-electron chi connectivity index (χ0n) is 7.99. The Kier molecular flexibility index (Phi) is 7.57. The minimum atomic E-state index is -0.397. The molecule has 0 rings (SSSR count). The summed E-state index contributed by atoms with van der Waals surface area (Å²) in [4.78, 5) is 23.8. The van der Waals surface area contributed by atoms with Crippen LogP contribution in [-0.4, -0.2) is 23.9 Å². The van der Waals surface area contributed by atoms with E-state index >= 15 is 0 Å². The van der Waals surface area contributed by atoms with E-state index in [9.17, 15) is 4.79 Å². The molecular formula is C8H16O5. The molecule has 0 atom stereocenters. The summed E-state index contributed by atoms with van der Waals surface area (Å²) in [6, 6.07) is 0. The second-order valence-corrected chi connectivity index (χ2v) is 2.89. The Morgan fingerprint density at radius 1 is 1.38 bits per heavy atom. The lowest BCUT2D eigenvalue weighted by Gasteiger charge is -2.05. The molecule has 0 spiro atoms. The van der Waals surface area contributed by atoms with E-state index in [0.29, 0.717) is 12.8 Å². The van der Waals surface area contributed by atoms with Gasteiger partial charge in [0.1, 0.15) is 0 Å². The molecule has 0 radical (unpaired) electrons. The number of hydrogen-bond acceptors (Lipinski definition) is 5. The smallest absolute Gasteiger partial charge is 0.298 e. The highest BCUT2D eigenvalue weighted by Gasteiger charge is 2.04. The van der Waals surface area contributed by atoms with Gasteiger partial charge in [0, 0.05) is 6.42 Å². The Bertz CT molecular complexity index is 134. The SMILES string of the molecule is CC(C)OOC(=O)CCCCOO. The molecule has 78 valence electrons. The summed E-state index contributed by atoms with van der Waals surface area (Å²) in [5, 5.41) is 7.97. The highest BCUT2D eigenvalue weighted by atomic mass is 17.2. The lowest BCUT2D eigenvalue weighted by atomic mass is 10.2. The number of carbonyl (C=O) groups is 1. The van der Waals surface area contributed by atoms with Gasteiger partial charge >= 0.3 is 5.97 Å². The molecule has 0 amide bonds. The van der Waals surface area contributed by atoms with Crippen molar-refractivity contribution in [1.29, 1.82) is 0 Å². The van der Waals surface area contributed by atoms with Crippen LogP contribution in [0.1, 0.15) is 33.1 Å². The maximum absolute atomic E-state index is 10.9. The van der Waals surface area contributed by atoms with Gasteiger partial charge in [-0.3, -0.25) is 10.1 Å². The summed E-state index contributed by atoms with van der Waals surface area (Å²) in [5.74, 6) is -0.397. The van der Waals surface area contributed by atoms with Crippen LogP contribution in [0.2, 0.25) is 0 Å². The summed E-state index contributed by atoms with van der Waals surface area (Å²) >= 11 is 0. The Hall–Kier alpha value is -0.650. The topological polar surface area (TPSA) is 65.0 Å². The fourth-order valence-electron chi connectivity index (χ4n) is 0.628. The van der Waals surface area contributed by atoms with E-state index in [1.54, 1.807) is 13.8 Å². The summed E-state index contributed by atoms with van der Waals surface area (Å²) < 4.78 is 0. The van der Waals surface area contributed by atoms with Crippen LogP contribution in [0.4, 0.5) is 0 Å². The Morgan fingerprint density at radius 3 is 2.62 bits per heavy atom. The molecule has 0 aromatic carbocycles. The molecule has 0 aliphatic rings. The van der Waals surface area contributed by atoms with E-state index in [4.69, 9.17) is 5.26 Å². The van der Waals surface area contributed by atoms with Crippen molar-refractivity contribution in [3.8, 4) is 0 Å². The Balaban J connectivity index is 3.20. The van der Waals surface area contributed by atoms with E-state index in [0.717, 1.165) is 0 Å². The summed E-state index contributed by atoms with van der Waals surface area (Å²) in [5.41, 5.74) is 0. The first kappa shape index (κ1) is 12.3. The van der Waals surface area contributed by atoms with Gasteiger partial charge in [-0.1, -0.05) is 0 Å². The number of carbonyl (C=O) groups excluding carboxylic acids is 1. The molecule has 0 bridgehead atoms. The predicted octanol–water partition coefficient (Wildman–Crippen LogP) is 1.53. The average molecular weight is 192 g/mol. The molecule has 0 saturated heterocycles. The first-order valence-corrected chi connectivity index (χ1v) is 4.29. The van der Waals surface area contributed by atoms with Gasteiger partial charge in [0.2, 0.25) is 0 Å². The van der Waals surface area contributed by atoms with Crippen molar-refractivity contribution in [3.05, 3.63) is 0 Å². The van der Waals surface area contributed by atoms with Crippen LogP contribution in [0.25, 0.3) is 0 Å². The molecule has 0 fully saturated rings. The van der Waals surface area contributed by atoms with E-state index < -0.39 is 5.97 Å². The highest BCUT2D eigenvalue weighted by Crippen LogP contribution is 1.99. The molecule has 5 nitrogen and oxygen atoms in total. The summed E-state index contributed by atoms with van der Waals surface area (Å²) in [6.45, 7) is 3.78. The lowest BCUT2D eigenvalue weighted by Crippen LogP contribution is -2.10. The van der Waals surface area contributed by atoms with Gasteiger partial charge < -0.3 is 0 Å². The highest BCUT2D eigenvalue weighted by molar-refractivity contribution is 5.68. The minimum absolute atomic E-state index is 0.121. The molecule has 1 N–H and O–H groups in total. The van der Waals surface area contributed by atoms with Crippen molar-refractivity contribution >= 4 is 5.97 Å². The van der Waals surface area contributed by atoms with Crippen LogP contribution in [0.3, 0.4) is 0 Å². The summed E-state index contributed by atoms with van der Waals surface area (Å²) in [7, 11) is 0. The molecular weight excluding hydrogens is 176 g/mol. The molecule has 0 aromatic heterocycles. The van der Waals surface area contributed by atoms with Crippen molar-refractivity contribution in [2.45, 2.75) is 39.2 Å². The molecule has 0 heterocycles. The van der Waals surface area contributed by atoms with Crippen molar-refractivity contribution in [1.82, 2.24) is 0 Å². The molecule has 0 aromatic rings. The maximum atomic E-state index is 10.9. The third-order valence-corrected chi connectivity index (χ3v) is 1.20. The second-order valence-electron chi connectivity index (χ2n) is 2.89. The van der Waals surface area contributed by atoms with Gasteiger partial charge in [-0.15, -0.1) is 0 Å². The van der Waals surface area contributed by atoms with Crippen LogP contribution in [0.15, 0.2) is 0 Å². The second kappa shape index (κ2) is 7.97. The van der Waals surface area contributed by atoms with E-state index in [1.807, 2.05) is 0 Å². The van der Waals surface area contributed by atoms with Gasteiger partial charge in [-0.25, -0.2) is 9.68 Å². The number of unbranched alkanes of at least 4 members (excludes halogenated alkanes) is 1. The van der Waals surface area contributed by atoms with Crippen LogP contribution < -0.4 is 0 Å². The monoisotopic (exact) mass is 192 g/mol. The Morgan fingerprint density at radius 2 is 2.08 bits per heavy atom. The van der Waals surface area contributed by atoms with E-state index in [1.165, 1.54) is 0 Å². The van der Waals surface area contributed by atoms with Crippen LogP contribution in [-0.2, 0) is 19.5 Å². The molecule has 13 heavy (non-hydrogen) atoms. The predicted molar refractivity (Wildman–Crippen MR) is 44.7 cm³/mol. The van der Waals surface area contributed by atoms with Gasteiger partial charge in [0.25, 0.3) is 0 Å². The molecule has 0 aliphatic carbocycles. The maximum Gasteiger partial charge on any atom is 0.342 e. The third kappa shape index (κ3) is 9.26. The molecule has 0 unspecified atom stereocenters. The number of hydrogen-bond donors (Lipinski definition) is 1. The quantitative estimate of drug-likeness (QED) is 0.376. The molecule has 0 aliphatic heterocycles. The van der Waals surface area contributed by atoms with Crippen LogP contribution >= 0.6 is 0 Å².